The number of halogens is 2. The predicted octanol–water partition coefficient (Wildman–Crippen LogP) is 6.04. The fraction of sp³-hybridized carbons (Fsp3) is 0.364. The van der Waals surface area contributed by atoms with Gasteiger partial charge in [0.2, 0.25) is 0 Å². The topological polar surface area (TPSA) is 47.6 Å². The molecule has 0 aromatic heterocycles. The lowest BCUT2D eigenvalue weighted by molar-refractivity contribution is 0.505. The van der Waals surface area contributed by atoms with Crippen LogP contribution in [0.4, 0.5) is 4.39 Å². The van der Waals surface area contributed by atoms with E-state index in [1.165, 1.54) is 6.07 Å². The van der Waals surface area contributed by atoms with Gasteiger partial charge in [0.15, 0.2) is 0 Å². The number of hydrogen-bond donors (Lipinski definition) is 0. The second-order valence-corrected chi connectivity index (χ2v) is 8.70. The van der Waals surface area contributed by atoms with Crippen molar-refractivity contribution in [3.63, 3.8) is 0 Å². The molecule has 134 valence electrons. The van der Waals surface area contributed by atoms with Crippen LogP contribution in [0.2, 0.25) is 5.02 Å². The van der Waals surface area contributed by atoms with Gasteiger partial charge in [-0.05, 0) is 58.7 Å². The predicted molar refractivity (Wildman–Crippen MR) is 103 cm³/mol. The summed E-state index contributed by atoms with van der Waals surface area (Å²) in [6, 6.07) is 12.8. The smallest absolute Gasteiger partial charge is 0.128 e. The molecule has 2 rings (SSSR count). The highest BCUT2D eigenvalue weighted by molar-refractivity contribution is 6.30. The number of nitriles is 2. The average Bonchev–Trinajstić information content (AvgIpc) is 2.51. The molecule has 0 aliphatic carbocycles. The van der Waals surface area contributed by atoms with Crippen LogP contribution in [-0.4, -0.2) is 0 Å². The molecule has 26 heavy (non-hydrogen) atoms. The summed E-state index contributed by atoms with van der Waals surface area (Å²) in [7, 11) is 0. The van der Waals surface area contributed by atoms with E-state index in [2.05, 4.69) is 12.1 Å². The van der Waals surface area contributed by atoms with E-state index < -0.39 is 5.41 Å². The van der Waals surface area contributed by atoms with E-state index in [-0.39, 0.29) is 11.2 Å². The van der Waals surface area contributed by atoms with E-state index in [4.69, 9.17) is 16.9 Å². The summed E-state index contributed by atoms with van der Waals surface area (Å²) in [4.78, 5) is 0. The maximum absolute atomic E-state index is 14.7. The van der Waals surface area contributed by atoms with Gasteiger partial charge in [0.05, 0.1) is 23.3 Å². The van der Waals surface area contributed by atoms with Crippen molar-refractivity contribution < 1.29 is 4.39 Å². The molecule has 2 aromatic rings. The van der Waals surface area contributed by atoms with Crippen LogP contribution in [-0.2, 0) is 17.3 Å². The normalized spacial score (nSPS) is 11.7. The number of benzene rings is 2. The van der Waals surface area contributed by atoms with Gasteiger partial charge in [-0.2, -0.15) is 10.5 Å². The van der Waals surface area contributed by atoms with Crippen LogP contribution in [0, 0.1) is 28.5 Å². The zero-order valence-electron chi connectivity index (χ0n) is 15.7. The lowest BCUT2D eigenvalue weighted by atomic mass is 9.77. The highest BCUT2D eigenvalue weighted by atomic mass is 35.5. The Labute approximate surface area is 159 Å². The molecule has 0 aliphatic rings. The fourth-order valence-electron chi connectivity index (χ4n) is 3.27. The minimum Gasteiger partial charge on any atom is -0.207 e. The Hall–Kier alpha value is -2.36. The van der Waals surface area contributed by atoms with Gasteiger partial charge >= 0.3 is 0 Å². The molecule has 2 nitrogen and oxygen atoms in total. The number of hydrogen-bond acceptors (Lipinski definition) is 2. The Morgan fingerprint density at radius 3 is 2.15 bits per heavy atom. The van der Waals surface area contributed by atoms with E-state index in [1.807, 2.05) is 40.7 Å². The van der Waals surface area contributed by atoms with E-state index in [1.54, 1.807) is 18.2 Å². The minimum absolute atomic E-state index is 0.355. The molecular weight excluding hydrogens is 347 g/mol. The standard InChI is InChI=1S/C22H22ClFN2/c1-21(2,3)20-16(13-26)6-14(9-19(20)24)11-22(4,5)17-7-15(12-25)8-18(23)10-17/h6-10H,11H2,1-5H3. The van der Waals surface area contributed by atoms with Crippen molar-refractivity contribution in [3.8, 4) is 12.1 Å². The van der Waals surface area contributed by atoms with Crippen molar-refractivity contribution in [1.29, 1.82) is 10.5 Å². The Morgan fingerprint density at radius 1 is 0.962 bits per heavy atom. The molecule has 0 fully saturated rings. The molecule has 2 aromatic carbocycles. The summed E-state index contributed by atoms with van der Waals surface area (Å²) in [6.07, 6.45) is 0.522. The quantitative estimate of drug-likeness (QED) is 0.662. The highest BCUT2D eigenvalue weighted by Gasteiger charge is 2.26. The van der Waals surface area contributed by atoms with Crippen molar-refractivity contribution in [2.75, 3.05) is 0 Å². The van der Waals surface area contributed by atoms with Crippen LogP contribution in [0.1, 0.15) is 62.4 Å². The van der Waals surface area contributed by atoms with Gasteiger partial charge in [-0.25, -0.2) is 4.39 Å². The largest absolute Gasteiger partial charge is 0.207 e. The SMILES string of the molecule is CC(C)(C)c1c(F)cc(CC(C)(C)c2cc(Cl)cc(C#N)c2)cc1C#N. The minimum atomic E-state index is -0.447. The molecule has 0 spiro atoms. The average molecular weight is 369 g/mol. The molecule has 0 unspecified atom stereocenters. The van der Waals surface area contributed by atoms with Crippen LogP contribution >= 0.6 is 11.6 Å². The molecule has 0 atom stereocenters. The van der Waals surface area contributed by atoms with Crippen molar-refractivity contribution in [2.24, 2.45) is 0 Å². The van der Waals surface area contributed by atoms with E-state index in [0.29, 0.717) is 28.1 Å². The number of nitrogens with zero attached hydrogens (tertiary/aromatic N) is 2. The van der Waals surface area contributed by atoms with Crippen molar-refractivity contribution in [3.05, 3.63) is 69.0 Å². The molecule has 0 heterocycles. The summed E-state index contributed by atoms with van der Waals surface area (Å²) >= 11 is 6.13. The van der Waals surface area contributed by atoms with Gasteiger partial charge in [0.1, 0.15) is 5.82 Å². The van der Waals surface area contributed by atoms with E-state index >= 15 is 0 Å². The molecule has 0 saturated carbocycles. The third kappa shape index (κ3) is 4.24. The molecule has 0 radical (unpaired) electrons. The Balaban J connectivity index is 2.48. The van der Waals surface area contributed by atoms with Gasteiger partial charge < -0.3 is 0 Å². The molecule has 0 N–H and O–H groups in total. The molecule has 4 heteroatoms. The van der Waals surface area contributed by atoms with Crippen molar-refractivity contribution >= 4 is 11.6 Å². The second-order valence-electron chi connectivity index (χ2n) is 8.26. The lowest BCUT2D eigenvalue weighted by Crippen LogP contribution is -2.22. The van der Waals surface area contributed by atoms with Crippen LogP contribution in [0.25, 0.3) is 0 Å². The molecule has 0 amide bonds. The maximum atomic E-state index is 14.7. The van der Waals surface area contributed by atoms with Gasteiger partial charge in [-0.1, -0.05) is 46.2 Å². The lowest BCUT2D eigenvalue weighted by Gasteiger charge is -2.27. The summed E-state index contributed by atoms with van der Waals surface area (Å²) in [5.74, 6) is -0.355. The van der Waals surface area contributed by atoms with Crippen LogP contribution < -0.4 is 0 Å². The fourth-order valence-corrected chi connectivity index (χ4v) is 3.51. The Bertz CT molecular complexity index is 925. The molecular formula is C22H22ClFN2. The first kappa shape index (κ1) is 20.0. The summed E-state index contributed by atoms with van der Waals surface area (Å²) in [5.41, 5.74) is 2.13. The van der Waals surface area contributed by atoms with Crippen molar-refractivity contribution in [2.45, 2.75) is 51.9 Å². The Kier molecular flexibility index (Phi) is 5.45. The van der Waals surface area contributed by atoms with Crippen LogP contribution in [0.3, 0.4) is 0 Å². The zero-order chi connectivity index (χ0) is 19.7. The molecule has 0 bridgehead atoms. The summed E-state index contributed by atoms with van der Waals surface area (Å²) in [5, 5.41) is 19.1. The first-order chi connectivity index (χ1) is 12.0. The van der Waals surface area contributed by atoms with Gasteiger partial charge in [0, 0.05) is 10.6 Å². The van der Waals surface area contributed by atoms with E-state index in [0.717, 1.165) is 11.1 Å². The monoisotopic (exact) mass is 368 g/mol. The van der Waals surface area contributed by atoms with Gasteiger partial charge in [-0.3, -0.25) is 0 Å². The first-order valence-corrected chi connectivity index (χ1v) is 8.80. The summed E-state index contributed by atoms with van der Waals surface area (Å²) in [6.45, 7) is 9.71. The zero-order valence-corrected chi connectivity index (χ0v) is 16.5. The third-order valence-corrected chi connectivity index (χ3v) is 4.69. The van der Waals surface area contributed by atoms with Crippen LogP contribution in [0.15, 0.2) is 30.3 Å². The van der Waals surface area contributed by atoms with E-state index in [9.17, 15) is 9.65 Å². The van der Waals surface area contributed by atoms with Crippen LogP contribution in [0.5, 0.6) is 0 Å². The first-order valence-electron chi connectivity index (χ1n) is 8.42. The maximum Gasteiger partial charge on any atom is 0.128 e. The summed E-state index contributed by atoms with van der Waals surface area (Å²) < 4.78 is 14.7. The molecule has 0 saturated heterocycles. The van der Waals surface area contributed by atoms with Gasteiger partial charge in [0.25, 0.3) is 0 Å². The second kappa shape index (κ2) is 7.10. The van der Waals surface area contributed by atoms with Gasteiger partial charge in [-0.15, -0.1) is 0 Å². The Morgan fingerprint density at radius 2 is 1.62 bits per heavy atom. The third-order valence-electron chi connectivity index (χ3n) is 4.47. The number of rotatable bonds is 3. The molecule has 0 aliphatic heterocycles. The van der Waals surface area contributed by atoms with Crippen molar-refractivity contribution in [1.82, 2.24) is 0 Å². The highest BCUT2D eigenvalue weighted by Crippen LogP contribution is 2.34.